The Morgan fingerprint density at radius 1 is 0.519 bits per heavy atom. The van der Waals surface area contributed by atoms with E-state index < -0.39 is 15.7 Å². The Labute approximate surface area is 310 Å². The molecule has 0 aliphatic heterocycles. The van der Waals surface area contributed by atoms with Crippen molar-refractivity contribution in [2.75, 3.05) is 76.0 Å². The molecule has 0 N–H and O–H groups in total. The average Bonchev–Trinajstić information content (AvgIpc) is 3.13. The first-order valence-corrected chi connectivity index (χ1v) is 18.6. The molecule has 5 aromatic rings. The highest BCUT2D eigenvalue weighted by Gasteiger charge is 2.39. The summed E-state index contributed by atoms with van der Waals surface area (Å²) in [7, 11) is 11.7. The number of allylic oxidation sites excluding steroid dienone is 2. The predicted molar refractivity (Wildman–Crippen MR) is 220 cm³/mol. The van der Waals surface area contributed by atoms with E-state index in [2.05, 4.69) is 58.3 Å². The maximum Gasteiger partial charge on any atom is 0.298 e. The highest BCUT2D eigenvalue weighted by atomic mass is 32.2. The Kier molecular flexibility index (Phi) is 11.6. The lowest BCUT2D eigenvalue weighted by Crippen LogP contribution is -2.32. The summed E-state index contributed by atoms with van der Waals surface area (Å²) in [6.45, 7) is 1.93. The van der Waals surface area contributed by atoms with Crippen molar-refractivity contribution < 1.29 is 12.6 Å². The third-order valence-corrected chi connectivity index (χ3v) is 10.5. The first-order valence-electron chi connectivity index (χ1n) is 17.2. The molecule has 8 heteroatoms. The van der Waals surface area contributed by atoms with Gasteiger partial charge in [-0.3, -0.25) is 0 Å². The zero-order valence-electron chi connectivity index (χ0n) is 31.7. The molecule has 270 valence electrons. The molecule has 0 amide bonds. The number of nitrogens with zero attached hydrogens (tertiary/aromatic N) is 4. The second kappa shape index (κ2) is 15.9. The SMILES string of the molecule is Cc1ccc(S(=O)(=O)OC(C=CC=C(c2ccc(N(C)C)cc2)c2ccc(N(C)C)cc2)(c2ccc(N(C)C)cc2)c2ccc(N(C)C)cc2)cc1. The number of benzene rings is 5. The summed E-state index contributed by atoms with van der Waals surface area (Å²) in [5.41, 5.74) is 7.96. The molecule has 0 fully saturated rings. The number of aryl methyl sites for hydroxylation is 1. The van der Waals surface area contributed by atoms with Gasteiger partial charge in [-0.2, -0.15) is 8.42 Å². The molecule has 0 aliphatic carbocycles. The van der Waals surface area contributed by atoms with Crippen LogP contribution in [0, 0.1) is 6.92 Å². The molecule has 0 aliphatic rings. The number of anilines is 4. The maximum atomic E-state index is 14.3. The van der Waals surface area contributed by atoms with Crippen molar-refractivity contribution in [1.29, 1.82) is 0 Å². The predicted octanol–water partition coefficient (Wildman–Crippen LogP) is 8.60. The van der Waals surface area contributed by atoms with Crippen LogP contribution in [-0.4, -0.2) is 64.8 Å². The highest BCUT2D eigenvalue weighted by Crippen LogP contribution is 2.40. The van der Waals surface area contributed by atoms with Crippen LogP contribution in [0.1, 0.15) is 27.8 Å². The normalized spacial score (nSPS) is 11.7. The van der Waals surface area contributed by atoms with Gasteiger partial charge in [0.15, 0.2) is 5.60 Å². The molecular weight excluding hydrogens is 665 g/mol. The molecule has 5 rings (SSSR count). The van der Waals surface area contributed by atoms with Crippen LogP contribution in [0.25, 0.3) is 5.57 Å². The molecule has 52 heavy (non-hydrogen) atoms. The second-order valence-corrected chi connectivity index (χ2v) is 15.3. The van der Waals surface area contributed by atoms with Gasteiger partial charge in [-0.05, 0) is 101 Å². The fraction of sp³-hybridized carbons (Fsp3) is 0.227. The van der Waals surface area contributed by atoms with E-state index in [4.69, 9.17) is 4.18 Å². The van der Waals surface area contributed by atoms with Gasteiger partial charge in [-0.25, -0.2) is 4.18 Å². The first-order chi connectivity index (χ1) is 24.7. The highest BCUT2D eigenvalue weighted by molar-refractivity contribution is 7.86. The van der Waals surface area contributed by atoms with Crippen molar-refractivity contribution in [3.05, 3.63) is 167 Å². The maximum absolute atomic E-state index is 14.3. The summed E-state index contributed by atoms with van der Waals surface area (Å²) in [5.74, 6) is 0. The molecule has 0 bridgehead atoms. The molecule has 0 radical (unpaired) electrons. The van der Waals surface area contributed by atoms with Crippen LogP contribution < -0.4 is 19.6 Å². The van der Waals surface area contributed by atoms with E-state index in [9.17, 15) is 8.42 Å². The van der Waals surface area contributed by atoms with E-state index in [1.807, 2.05) is 140 Å². The molecule has 0 unspecified atom stereocenters. The van der Waals surface area contributed by atoms with Crippen LogP contribution in [0.5, 0.6) is 0 Å². The van der Waals surface area contributed by atoms with Gasteiger partial charge >= 0.3 is 0 Å². The summed E-state index contributed by atoms with van der Waals surface area (Å²) in [5, 5.41) is 0. The van der Waals surface area contributed by atoms with Crippen molar-refractivity contribution in [3.8, 4) is 0 Å². The van der Waals surface area contributed by atoms with Crippen LogP contribution in [0.15, 0.2) is 144 Å². The lowest BCUT2D eigenvalue weighted by atomic mass is 9.85. The Balaban J connectivity index is 1.75. The van der Waals surface area contributed by atoms with Gasteiger partial charge in [0, 0.05) is 79.1 Å². The minimum atomic E-state index is -4.27. The smallest absolute Gasteiger partial charge is 0.298 e. The lowest BCUT2D eigenvalue weighted by molar-refractivity contribution is 0.173. The van der Waals surface area contributed by atoms with Gasteiger partial charge in [0.25, 0.3) is 10.1 Å². The van der Waals surface area contributed by atoms with E-state index in [1.54, 1.807) is 24.3 Å². The summed E-state index contributed by atoms with van der Waals surface area (Å²) >= 11 is 0. The molecule has 0 saturated heterocycles. The third-order valence-electron chi connectivity index (χ3n) is 9.16. The van der Waals surface area contributed by atoms with Gasteiger partial charge in [0.2, 0.25) is 0 Å². The van der Waals surface area contributed by atoms with E-state index >= 15 is 0 Å². The van der Waals surface area contributed by atoms with Crippen molar-refractivity contribution in [3.63, 3.8) is 0 Å². The lowest BCUT2D eigenvalue weighted by Gasteiger charge is -2.32. The first kappa shape index (κ1) is 37.9. The zero-order chi connectivity index (χ0) is 37.6. The Hall–Kier alpha value is -5.31. The van der Waals surface area contributed by atoms with Gasteiger partial charge < -0.3 is 19.6 Å². The zero-order valence-corrected chi connectivity index (χ0v) is 32.5. The van der Waals surface area contributed by atoms with Crippen LogP contribution in [-0.2, 0) is 19.9 Å². The largest absolute Gasteiger partial charge is 0.378 e. The van der Waals surface area contributed by atoms with Crippen LogP contribution >= 0.6 is 0 Å². The van der Waals surface area contributed by atoms with E-state index in [0.717, 1.165) is 45.0 Å². The molecule has 0 atom stereocenters. The fourth-order valence-electron chi connectivity index (χ4n) is 5.94. The molecule has 7 nitrogen and oxygen atoms in total. The summed E-state index contributed by atoms with van der Waals surface area (Å²) in [6.07, 6.45) is 5.81. The van der Waals surface area contributed by atoms with Gasteiger partial charge in [0.05, 0.1) is 4.90 Å². The minimum absolute atomic E-state index is 0.0869. The quantitative estimate of drug-likeness (QED) is 0.0895. The van der Waals surface area contributed by atoms with Crippen LogP contribution in [0.4, 0.5) is 22.7 Å². The van der Waals surface area contributed by atoms with E-state index in [1.165, 1.54) is 0 Å². The molecule has 0 spiro atoms. The molecule has 5 aromatic carbocycles. The van der Waals surface area contributed by atoms with Crippen LogP contribution in [0.2, 0.25) is 0 Å². The van der Waals surface area contributed by atoms with Crippen molar-refractivity contribution in [2.24, 2.45) is 0 Å². The Morgan fingerprint density at radius 3 is 1.21 bits per heavy atom. The van der Waals surface area contributed by atoms with E-state index in [-0.39, 0.29) is 4.90 Å². The summed E-state index contributed by atoms with van der Waals surface area (Å²) in [4.78, 5) is 8.25. The molecule has 0 aromatic heterocycles. The molecule has 0 saturated carbocycles. The van der Waals surface area contributed by atoms with Gasteiger partial charge in [-0.1, -0.05) is 78.4 Å². The van der Waals surface area contributed by atoms with E-state index in [0.29, 0.717) is 11.1 Å². The Morgan fingerprint density at radius 2 is 0.865 bits per heavy atom. The topological polar surface area (TPSA) is 56.3 Å². The standard InChI is InChI=1S/C44H50N4O3S/c1-33-12-30-42(31-13-33)52(49,50)51-44(36-18-26-40(27-19-36)47(6)7,37-20-28-41(29-21-37)48(8)9)32-10-11-43(34-14-22-38(23-15-34)45(2)3)35-16-24-39(25-17-35)46(4)5/h10-32H,1-9H3. The van der Waals surface area contributed by atoms with Crippen molar-refractivity contribution >= 4 is 38.4 Å². The Bertz CT molecular complexity index is 1990. The average molecular weight is 715 g/mol. The molecule has 0 heterocycles. The third kappa shape index (κ3) is 8.58. The van der Waals surface area contributed by atoms with Crippen molar-refractivity contribution in [1.82, 2.24) is 0 Å². The van der Waals surface area contributed by atoms with Gasteiger partial charge in [0.1, 0.15) is 0 Å². The molecular formula is C44H50N4O3S. The number of hydrogen-bond acceptors (Lipinski definition) is 7. The summed E-state index contributed by atoms with van der Waals surface area (Å²) < 4.78 is 35.1. The second-order valence-electron chi connectivity index (χ2n) is 13.8. The number of hydrogen-bond donors (Lipinski definition) is 0. The monoisotopic (exact) mass is 714 g/mol. The minimum Gasteiger partial charge on any atom is -0.378 e. The number of rotatable bonds is 13. The summed E-state index contributed by atoms with van der Waals surface area (Å²) in [6, 6.07) is 39.3. The van der Waals surface area contributed by atoms with Crippen molar-refractivity contribution in [2.45, 2.75) is 17.4 Å². The van der Waals surface area contributed by atoms with Gasteiger partial charge in [-0.15, -0.1) is 0 Å². The fourth-order valence-corrected chi connectivity index (χ4v) is 7.10. The van der Waals surface area contributed by atoms with Crippen LogP contribution in [0.3, 0.4) is 0 Å².